The van der Waals surface area contributed by atoms with E-state index in [4.69, 9.17) is 28.3 Å². The zero-order valence-corrected chi connectivity index (χ0v) is 19.6. The summed E-state index contributed by atoms with van der Waals surface area (Å²) in [7, 11) is 0. The molecule has 160 valence electrons. The van der Waals surface area contributed by atoms with Crippen LogP contribution in [0.15, 0.2) is 64.0 Å². The van der Waals surface area contributed by atoms with Crippen molar-refractivity contribution in [2.24, 2.45) is 10.1 Å². The van der Waals surface area contributed by atoms with Crippen molar-refractivity contribution in [3.05, 3.63) is 90.0 Å². The maximum Gasteiger partial charge on any atom is 0.272 e. The van der Waals surface area contributed by atoms with Gasteiger partial charge in [-0.1, -0.05) is 53.6 Å². The zero-order valence-electron chi connectivity index (χ0n) is 17.2. The van der Waals surface area contributed by atoms with Crippen molar-refractivity contribution in [3.63, 3.8) is 0 Å². The van der Waals surface area contributed by atoms with E-state index in [9.17, 15) is 10.1 Å². The molecule has 3 aromatic rings. The molecule has 0 saturated heterocycles. The summed E-state index contributed by atoms with van der Waals surface area (Å²) < 4.78 is 1.72. The van der Waals surface area contributed by atoms with E-state index in [1.807, 2.05) is 24.4 Å². The molecule has 0 bridgehead atoms. The van der Waals surface area contributed by atoms with E-state index in [0.29, 0.717) is 38.2 Å². The lowest BCUT2D eigenvalue weighted by atomic mass is 10.1. The summed E-state index contributed by atoms with van der Waals surface area (Å²) in [5, 5.41) is 18.9. The van der Waals surface area contributed by atoms with Crippen molar-refractivity contribution in [1.29, 1.82) is 0 Å². The number of rotatable bonds is 6. The molecule has 0 radical (unpaired) electrons. The molecule has 0 aliphatic carbocycles. The topological polar surface area (TPSA) is 72.8 Å². The molecular weight excluding hydrogens is 455 g/mol. The quantitative estimate of drug-likeness (QED) is 0.177. The molecule has 0 spiro atoms. The van der Waals surface area contributed by atoms with Gasteiger partial charge in [0.1, 0.15) is 0 Å². The number of nitrogens with zero attached hydrogens (tertiary/aromatic N) is 4. The van der Waals surface area contributed by atoms with Crippen LogP contribution in [-0.2, 0) is 0 Å². The molecule has 0 aliphatic heterocycles. The highest BCUT2D eigenvalue weighted by Gasteiger charge is 2.14. The average Bonchev–Trinajstić information content (AvgIpc) is 3.11. The standard InChI is InChI=1S/C22H20Cl2N4O2S/c1-13(2)11-25-22-27(21(12-31-22)17-7-8-18(23)19(24)9-17)26-15(4)16-6-5-14(3)20(10-16)28(29)30/h5-10,12H,1,11H2,2-4H3. The zero-order chi connectivity index (χ0) is 22.7. The Kier molecular flexibility index (Phi) is 7.10. The molecule has 0 fully saturated rings. The van der Waals surface area contributed by atoms with E-state index in [1.165, 1.54) is 17.4 Å². The Labute approximate surface area is 194 Å². The molecule has 0 unspecified atom stereocenters. The molecule has 1 aromatic heterocycles. The summed E-state index contributed by atoms with van der Waals surface area (Å²) in [5.74, 6) is 0. The predicted octanol–water partition coefficient (Wildman–Crippen LogP) is 6.49. The molecular formula is C22H20Cl2N4O2S. The number of aromatic nitrogens is 1. The molecule has 2 aromatic carbocycles. The summed E-state index contributed by atoms with van der Waals surface area (Å²) in [4.78, 5) is 16.2. The third-order valence-corrected chi connectivity index (χ3v) is 6.05. The third kappa shape index (κ3) is 5.31. The molecule has 0 amide bonds. The first kappa shape index (κ1) is 22.9. The second-order valence-corrected chi connectivity index (χ2v) is 8.71. The van der Waals surface area contributed by atoms with Crippen LogP contribution in [0.4, 0.5) is 5.69 Å². The van der Waals surface area contributed by atoms with E-state index in [-0.39, 0.29) is 5.69 Å². The van der Waals surface area contributed by atoms with Crippen molar-refractivity contribution in [1.82, 2.24) is 4.68 Å². The molecule has 0 aliphatic rings. The Morgan fingerprint density at radius 3 is 2.58 bits per heavy atom. The van der Waals surface area contributed by atoms with Crippen LogP contribution in [0, 0.1) is 17.0 Å². The van der Waals surface area contributed by atoms with E-state index >= 15 is 0 Å². The monoisotopic (exact) mass is 474 g/mol. The smallest absolute Gasteiger partial charge is 0.258 e. The van der Waals surface area contributed by atoms with Crippen LogP contribution in [-0.4, -0.2) is 21.9 Å². The summed E-state index contributed by atoms with van der Waals surface area (Å²) in [5.41, 5.74) is 4.45. The number of hydrogen-bond donors (Lipinski definition) is 0. The van der Waals surface area contributed by atoms with Crippen LogP contribution in [0.1, 0.15) is 25.0 Å². The van der Waals surface area contributed by atoms with Crippen LogP contribution in [0.5, 0.6) is 0 Å². The molecule has 3 rings (SSSR count). The van der Waals surface area contributed by atoms with Gasteiger partial charge in [0.05, 0.1) is 32.9 Å². The maximum atomic E-state index is 11.3. The first-order valence-corrected chi connectivity index (χ1v) is 10.9. The van der Waals surface area contributed by atoms with Crippen LogP contribution in [0.3, 0.4) is 0 Å². The summed E-state index contributed by atoms with van der Waals surface area (Å²) >= 11 is 13.7. The fourth-order valence-electron chi connectivity index (χ4n) is 2.80. The van der Waals surface area contributed by atoms with Gasteiger partial charge in [0.25, 0.3) is 5.69 Å². The highest BCUT2D eigenvalue weighted by atomic mass is 35.5. The minimum Gasteiger partial charge on any atom is -0.258 e. The normalized spacial score (nSPS) is 12.3. The fraction of sp³-hybridized carbons (Fsp3) is 0.182. The number of thiazole rings is 1. The second-order valence-electron chi connectivity index (χ2n) is 7.06. The Balaban J connectivity index is 2.18. The predicted molar refractivity (Wildman–Crippen MR) is 128 cm³/mol. The van der Waals surface area contributed by atoms with Gasteiger partial charge in [-0.25, -0.2) is 4.68 Å². The Morgan fingerprint density at radius 2 is 1.94 bits per heavy atom. The van der Waals surface area contributed by atoms with Crippen LogP contribution in [0.25, 0.3) is 11.3 Å². The van der Waals surface area contributed by atoms with Crippen molar-refractivity contribution in [2.75, 3.05) is 6.54 Å². The van der Waals surface area contributed by atoms with Crippen molar-refractivity contribution in [3.8, 4) is 11.3 Å². The number of nitro benzene ring substituents is 1. The van der Waals surface area contributed by atoms with Crippen LogP contribution in [0.2, 0.25) is 10.0 Å². The number of benzene rings is 2. The molecule has 31 heavy (non-hydrogen) atoms. The molecule has 0 atom stereocenters. The molecule has 0 saturated carbocycles. The lowest BCUT2D eigenvalue weighted by Gasteiger charge is -2.08. The van der Waals surface area contributed by atoms with Gasteiger partial charge in [-0.3, -0.25) is 15.1 Å². The van der Waals surface area contributed by atoms with E-state index < -0.39 is 4.92 Å². The Bertz CT molecular complexity index is 1270. The van der Waals surface area contributed by atoms with Gasteiger partial charge in [-0.2, -0.15) is 5.10 Å². The highest BCUT2D eigenvalue weighted by Crippen LogP contribution is 2.29. The first-order valence-electron chi connectivity index (χ1n) is 9.29. The largest absolute Gasteiger partial charge is 0.272 e. The number of hydrogen-bond acceptors (Lipinski definition) is 5. The third-order valence-electron chi connectivity index (χ3n) is 4.46. The van der Waals surface area contributed by atoms with E-state index in [2.05, 4.69) is 11.6 Å². The number of halogens is 2. The van der Waals surface area contributed by atoms with Crippen molar-refractivity contribution < 1.29 is 4.92 Å². The number of nitro groups is 1. The lowest BCUT2D eigenvalue weighted by molar-refractivity contribution is -0.385. The van der Waals surface area contributed by atoms with Gasteiger partial charge in [-0.05, 0) is 32.9 Å². The maximum absolute atomic E-state index is 11.3. The minimum absolute atomic E-state index is 0.0549. The van der Waals surface area contributed by atoms with E-state index in [1.54, 1.807) is 36.7 Å². The molecule has 0 N–H and O–H groups in total. The SMILES string of the molecule is C=C(C)CN=c1scc(-c2ccc(Cl)c(Cl)c2)n1N=C(C)c1ccc(C)c([N+](=O)[O-])c1. The van der Waals surface area contributed by atoms with Gasteiger partial charge < -0.3 is 0 Å². The summed E-state index contributed by atoms with van der Waals surface area (Å²) in [6.07, 6.45) is 0. The van der Waals surface area contributed by atoms with Gasteiger partial charge in [0.2, 0.25) is 4.80 Å². The van der Waals surface area contributed by atoms with Crippen molar-refractivity contribution >= 4 is 45.9 Å². The summed E-state index contributed by atoms with van der Waals surface area (Å²) in [6.45, 7) is 9.78. The van der Waals surface area contributed by atoms with E-state index in [0.717, 1.165) is 16.8 Å². The van der Waals surface area contributed by atoms with Gasteiger partial charge >= 0.3 is 0 Å². The summed E-state index contributed by atoms with van der Waals surface area (Å²) in [6, 6.07) is 10.4. The van der Waals surface area contributed by atoms with Crippen LogP contribution < -0.4 is 4.80 Å². The van der Waals surface area contributed by atoms with Gasteiger partial charge in [0, 0.05) is 28.1 Å². The molecule has 6 nitrogen and oxygen atoms in total. The van der Waals surface area contributed by atoms with Crippen molar-refractivity contribution in [2.45, 2.75) is 20.8 Å². The first-order chi connectivity index (χ1) is 14.7. The van der Waals surface area contributed by atoms with Crippen LogP contribution >= 0.6 is 34.5 Å². The Hall–Kier alpha value is -2.74. The average molecular weight is 475 g/mol. The molecule has 9 heteroatoms. The minimum atomic E-state index is -0.390. The Morgan fingerprint density at radius 1 is 1.19 bits per heavy atom. The highest BCUT2D eigenvalue weighted by molar-refractivity contribution is 7.07. The number of aryl methyl sites for hydroxylation is 1. The van der Waals surface area contributed by atoms with Gasteiger partial charge in [0.15, 0.2) is 0 Å². The molecule has 1 heterocycles. The lowest BCUT2D eigenvalue weighted by Crippen LogP contribution is -2.15. The van der Waals surface area contributed by atoms with Gasteiger partial charge in [-0.15, -0.1) is 11.3 Å². The fourth-order valence-corrected chi connectivity index (χ4v) is 3.93. The second kappa shape index (κ2) is 9.60.